The zero-order valence-corrected chi connectivity index (χ0v) is 23.0. The normalized spacial score (nSPS) is 15.5. The van der Waals surface area contributed by atoms with Gasteiger partial charge in [0.2, 0.25) is 5.91 Å². The van der Waals surface area contributed by atoms with E-state index in [4.69, 9.17) is 16.3 Å². The highest BCUT2D eigenvalue weighted by molar-refractivity contribution is 6.30. The molecule has 0 unspecified atom stereocenters. The van der Waals surface area contributed by atoms with Crippen LogP contribution in [-0.4, -0.2) is 40.0 Å². The lowest BCUT2D eigenvalue weighted by atomic mass is 9.92. The number of aryl methyl sites for hydroxylation is 2. The number of anilines is 1. The van der Waals surface area contributed by atoms with Gasteiger partial charge in [-0.05, 0) is 84.8 Å². The number of hydrogen-bond acceptors (Lipinski definition) is 5. The van der Waals surface area contributed by atoms with E-state index in [1.807, 2.05) is 61.1 Å². The third-order valence-corrected chi connectivity index (χ3v) is 7.91. The molecule has 2 aliphatic rings. The van der Waals surface area contributed by atoms with Gasteiger partial charge in [0.25, 0.3) is 0 Å². The lowest BCUT2D eigenvalue weighted by molar-refractivity contribution is -0.121. The van der Waals surface area contributed by atoms with Gasteiger partial charge in [0.05, 0.1) is 24.1 Å². The van der Waals surface area contributed by atoms with E-state index in [1.54, 1.807) is 4.90 Å². The van der Waals surface area contributed by atoms with Gasteiger partial charge >= 0.3 is 0 Å². The van der Waals surface area contributed by atoms with Crippen molar-refractivity contribution in [1.82, 2.24) is 14.5 Å². The Hall–Kier alpha value is -4.12. The van der Waals surface area contributed by atoms with E-state index in [-0.39, 0.29) is 5.91 Å². The largest absolute Gasteiger partial charge is 0.456 e. The van der Waals surface area contributed by atoms with Crippen LogP contribution in [-0.2, 0) is 30.7 Å². The van der Waals surface area contributed by atoms with Gasteiger partial charge in [0, 0.05) is 43.1 Å². The van der Waals surface area contributed by atoms with Crippen LogP contribution in [0, 0.1) is 11.3 Å². The molecule has 1 aliphatic heterocycles. The maximum absolute atomic E-state index is 12.9. The number of nitrogens with zero attached hydrogens (tertiary/aromatic N) is 5. The van der Waals surface area contributed by atoms with Crippen molar-refractivity contribution < 1.29 is 9.53 Å². The number of aromatic nitrogens is 2. The number of amides is 1. The number of imidazole rings is 1. The number of ether oxygens (including phenoxy) is 1. The number of piperazine rings is 1. The number of hydrogen-bond donors (Lipinski definition) is 0. The molecular formula is C32H30ClN5O2. The summed E-state index contributed by atoms with van der Waals surface area (Å²) in [5.41, 5.74) is 6.10. The van der Waals surface area contributed by atoms with E-state index < -0.39 is 0 Å². The molecule has 1 aliphatic carbocycles. The second-order valence-electron chi connectivity index (χ2n) is 10.4. The molecule has 0 N–H and O–H groups in total. The third kappa shape index (κ3) is 5.74. The first-order chi connectivity index (χ1) is 19.6. The first-order valence-electron chi connectivity index (χ1n) is 13.7. The van der Waals surface area contributed by atoms with Gasteiger partial charge in [0.15, 0.2) is 0 Å². The van der Waals surface area contributed by atoms with Crippen LogP contribution < -0.4 is 9.64 Å². The van der Waals surface area contributed by atoms with Crippen molar-refractivity contribution in [2.24, 2.45) is 0 Å². The van der Waals surface area contributed by atoms with Crippen LogP contribution >= 0.6 is 11.6 Å². The van der Waals surface area contributed by atoms with Crippen LogP contribution in [0.3, 0.4) is 0 Å². The summed E-state index contributed by atoms with van der Waals surface area (Å²) in [6.45, 7) is 2.88. The number of nitriles is 1. The van der Waals surface area contributed by atoms with Gasteiger partial charge in [-0.3, -0.25) is 9.69 Å². The minimum atomic E-state index is 0.0515. The maximum Gasteiger partial charge on any atom is 0.241 e. The van der Waals surface area contributed by atoms with E-state index in [2.05, 4.69) is 32.7 Å². The van der Waals surface area contributed by atoms with Crippen LogP contribution in [0.1, 0.15) is 40.8 Å². The van der Waals surface area contributed by atoms with Crippen molar-refractivity contribution in [3.05, 3.63) is 106 Å². The molecule has 1 aromatic heterocycles. The molecule has 6 rings (SSSR count). The van der Waals surface area contributed by atoms with E-state index in [0.717, 1.165) is 42.1 Å². The highest BCUT2D eigenvalue weighted by atomic mass is 35.5. The third-order valence-electron chi connectivity index (χ3n) is 7.67. The summed E-state index contributed by atoms with van der Waals surface area (Å²) in [6.07, 6.45) is 8.29. The van der Waals surface area contributed by atoms with Crippen LogP contribution in [0.2, 0.25) is 5.02 Å². The highest BCUT2D eigenvalue weighted by Gasteiger charge is 2.26. The second kappa shape index (κ2) is 11.5. The van der Waals surface area contributed by atoms with Crippen molar-refractivity contribution in [2.75, 3.05) is 24.5 Å². The van der Waals surface area contributed by atoms with Gasteiger partial charge in [-0.15, -0.1) is 0 Å². The van der Waals surface area contributed by atoms with Gasteiger partial charge in [0.1, 0.15) is 17.6 Å². The number of fused-ring (bicyclic) bond motifs is 1. The van der Waals surface area contributed by atoms with Gasteiger partial charge in [-0.25, -0.2) is 4.98 Å². The average Bonchev–Trinajstić information content (AvgIpc) is 3.39. The Morgan fingerprint density at radius 1 is 0.975 bits per heavy atom. The molecule has 0 saturated carbocycles. The molecule has 0 radical (unpaired) electrons. The molecule has 2 heterocycles. The highest BCUT2D eigenvalue weighted by Crippen LogP contribution is 2.31. The standard InChI is InChI=1S/C32H30ClN5O2/c33-27-6-3-7-28(16-27)38-13-12-36(21-32(38)39)20-29-18-35-22-37(29)19-23-8-9-26(17-34)31(14-23)40-30-11-10-24-4-1-2-5-25(24)15-30/h3,6-11,14-16,18,22H,1-2,4-5,12-13,19-21H2. The fourth-order valence-corrected chi connectivity index (χ4v) is 5.75. The van der Waals surface area contributed by atoms with Gasteiger partial charge < -0.3 is 14.2 Å². The predicted molar refractivity (Wildman–Crippen MR) is 155 cm³/mol. The van der Waals surface area contributed by atoms with Crippen LogP contribution in [0.15, 0.2) is 73.2 Å². The van der Waals surface area contributed by atoms with E-state index in [9.17, 15) is 10.1 Å². The summed E-state index contributed by atoms with van der Waals surface area (Å²) in [4.78, 5) is 21.2. The van der Waals surface area contributed by atoms with Crippen molar-refractivity contribution in [2.45, 2.75) is 38.8 Å². The molecule has 3 aromatic carbocycles. The molecule has 8 heteroatoms. The number of carbonyl (C=O) groups is 1. The van der Waals surface area contributed by atoms with Crippen LogP contribution in [0.5, 0.6) is 11.5 Å². The molecule has 1 fully saturated rings. The molecule has 4 aromatic rings. The first kappa shape index (κ1) is 26.1. The smallest absolute Gasteiger partial charge is 0.241 e. The van der Waals surface area contributed by atoms with Gasteiger partial charge in [-0.1, -0.05) is 29.8 Å². The Labute approximate surface area is 239 Å². The van der Waals surface area contributed by atoms with Crippen molar-refractivity contribution in [1.29, 1.82) is 5.26 Å². The SMILES string of the molecule is N#Cc1ccc(Cn2cncc2CN2CCN(c3cccc(Cl)c3)C(=O)C2)cc1Oc1ccc2c(c1)CCCC2. The van der Waals surface area contributed by atoms with Gasteiger partial charge in [-0.2, -0.15) is 5.26 Å². The number of halogens is 1. The summed E-state index contributed by atoms with van der Waals surface area (Å²) in [5, 5.41) is 10.3. The number of carbonyl (C=O) groups excluding carboxylic acids is 1. The summed E-state index contributed by atoms with van der Waals surface area (Å²) < 4.78 is 8.32. The Balaban J connectivity index is 1.14. The Morgan fingerprint density at radius 3 is 2.67 bits per heavy atom. The predicted octanol–water partition coefficient (Wildman–Crippen LogP) is 5.98. The molecular weight excluding hydrogens is 522 g/mol. The van der Waals surface area contributed by atoms with Crippen LogP contribution in [0.4, 0.5) is 5.69 Å². The Morgan fingerprint density at radius 2 is 1.85 bits per heavy atom. The van der Waals surface area contributed by atoms with E-state index in [1.165, 1.54) is 24.0 Å². The quantitative estimate of drug-likeness (QED) is 0.283. The molecule has 0 atom stereocenters. The average molecular weight is 552 g/mol. The topological polar surface area (TPSA) is 74.4 Å². The summed E-state index contributed by atoms with van der Waals surface area (Å²) >= 11 is 6.13. The second-order valence-corrected chi connectivity index (χ2v) is 10.9. The lowest BCUT2D eigenvalue weighted by Crippen LogP contribution is -2.50. The monoisotopic (exact) mass is 551 g/mol. The van der Waals surface area contributed by atoms with Crippen molar-refractivity contribution in [3.8, 4) is 17.6 Å². The molecule has 1 amide bonds. The molecule has 1 saturated heterocycles. The van der Waals surface area contributed by atoms with Crippen molar-refractivity contribution in [3.63, 3.8) is 0 Å². The molecule has 0 spiro atoms. The Bertz CT molecular complexity index is 1590. The lowest BCUT2D eigenvalue weighted by Gasteiger charge is -2.34. The Kier molecular flexibility index (Phi) is 7.54. The minimum absolute atomic E-state index is 0.0515. The molecule has 202 valence electrons. The summed E-state index contributed by atoms with van der Waals surface area (Å²) in [7, 11) is 0. The summed E-state index contributed by atoms with van der Waals surface area (Å²) in [5.74, 6) is 1.37. The fourth-order valence-electron chi connectivity index (χ4n) is 5.56. The van der Waals surface area contributed by atoms with Crippen LogP contribution in [0.25, 0.3) is 0 Å². The zero-order chi connectivity index (χ0) is 27.5. The zero-order valence-electron chi connectivity index (χ0n) is 22.2. The molecule has 0 bridgehead atoms. The number of benzene rings is 3. The maximum atomic E-state index is 12.9. The summed E-state index contributed by atoms with van der Waals surface area (Å²) in [6, 6.07) is 21.6. The first-order valence-corrected chi connectivity index (χ1v) is 14.0. The van der Waals surface area contributed by atoms with E-state index in [0.29, 0.717) is 42.5 Å². The molecule has 7 nitrogen and oxygen atoms in total. The van der Waals surface area contributed by atoms with Crippen molar-refractivity contribution >= 4 is 23.2 Å². The fraction of sp³-hybridized carbons (Fsp3) is 0.281. The van der Waals surface area contributed by atoms with E-state index >= 15 is 0 Å². The minimum Gasteiger partial charge on any atom is -0.456 e. The number of rotatable bonds is 7. The molecule has 40 heavy (non-hydrogen) atoms.